The van der Waals surface area contributed by atoms with Gasteiger partial charge in [-0.25, -0.2) is 0 Å². The normalized spacial score (nSPS) is 14.6. The highest BCUT2D eigenvalue weighted by Gasteiger charge is 2.04. The van der Waals surface area contributed by atoms with E-state index in [1.54, 1.807) is 6.92 Å². The van der Waals surface area contributed by atoms with E-state index >= 15 is 0 Å². The van der Waals surface area contributed by atoms with Crippen LogP contribution in [0.15, 0.2) is 24.3 Å². The quantitative estimate of drug-likeness (QED) is 0.796. The van der Waals surface area contributed by atoms with Gasteiger partial charge in [-0.2, -0.15) is 0 Å². The number of rotatable bonds is 4. The molecule has 1 fully saturated rings. The third-order valence-corrected chi connectivity index (χ3v) is 3.56. The molecule has 0 spiro atoms. The Balaban J connectivity index is 0.000000276. The van der Waals surface area contributed by atoms with Crippen LogP contribution in [0.4, 0.5) is 0 Å². The summed E-state index contributed by atoms with van der Waals surface area (Å²) in [4.78, 5) is 13.4. The van der Waals surface area contributed by atoms with E-state index in [0.717, 1.165) is 5.56 Å². The summed E-state index contributed by atoms with van der Waals surface area (Å²) in [7, 11) is 2.17. The third-order valence-electron chi connectivity index (χ3n) is 3.19. The van der Waals surface area contributed by atoms with Gasteiger partial charge in [0.05, 0.1) is 6.61 Å². The summed E-state index contributed by atoms with van der Waals surface area (Å²) < 4.78 is 4.82. The first-order valence-corrected chi connectivity index (χ1v) is 7.59. The van der Waals surface area contributed by atoms with E-state index in [0.29, 0.717) is 24.5 Å². The Labute approximate surface area is 126 Å². The Bertz CT molecular complexity index is 403. The number of carbonyl (C=O) groups is 1. The number of benzene rings is 1. The molecule has 0 radical (unpaired) electrons. The number of esters is 1. The number of carbonyl (C=O) groups excluding carboxylic acids is 1. The highest BCUT2D eigenvalue weighted by atomic mass is 35.5. The first-order valence-electron chi connectivity index (χ1n) is 7.21. The molecule has 3 nitrogen and oxygen atoms in total. The number of hydrogen-bond acceptors (Lipinski definition) is 3. The van der Waals surface area contributed by atoms with E-state index in [-0.39, 0.29) is 5.97 Å². The molecular formula is C16H24ClNO2. The average molecular weight is 298 g/mol. The molecule has 20 heavy (non-hydrogen) atoms. The summed E-state index contributed by atoms with van der Waals surface area (Å²) in [5, 5.41) is 0.705. The molecule has 0 unspecified atom stereocenters. The minimum Gasteiger partial charge on any atom is -0.466 e. The first-order chi connectivity index (χ1) is 9.63. The van der Waals surface area contributed by atoms with Crippen molar-refractivity contribution in [2.45, 2.75) is 32.6 Å². The Morgan fingerprint density at radius 3 is 2.45 bits per heavy atom. The zero-order chi connectivity index (χ0) is 14.8. The van der Waals surface area contributed by atoms with Gasteiger partial charge in [0.25, 0.3) is 0 Å². The molecule has 1 heterocycles. The Morgan fingerprint density at radius 1 is 1.30 bits per heavy atom. The van der Waals surface area contributed by atoms with Gasteiger partial charge in [-0.15, -0.1) is 0 Å². The number of likely N-dealkylation sites (tertiary alicyclic amines) is 1. The number of nitrogens with zero attached hydrogens (tertiary/aromatic N) is 1. The lowest BCUT2D eigenvalue weighted by atomic mass is 10.1. The van der Waals surface area contributed by atoms with Crippen molar-refractivity contribution in [2.24, 2.45) is 0 Å². The van der Waals surface area contributed by atoms with Crippen molar-refractivity contribution in [3.63, 3.8) is 0 Å². The SMILES string of the molecule is CCOC(=O)CCc1ccccc1Cl.CN1CCCC1. The summed E-state index contributed by atoms with van der Waals surface area (Å²) in [5.74, 6) is -0.174. The van der Waals surface area contributed by atoms with Crippen molar-refractivity contribution in [3.8, 4) is 0 Å². The van der Waals surface area contributed by atoms with Crippen molar-refractivity contribution < 1.29 is 9.53 Å². The molecule has 1 saturated heterocycles. The monoisotopic (exact) mass is 297 g/mol. The van der Waals surface area contributed by atoms with Gasteiger partial charge in [-0.1, -0.05) is 29.8 Å². The van der Waals surface area contributed by atoms with E-state index in [1.807, 2.05) is 24.3 Å². The molecule has 2 rings (SSSR count). The van der Waals surface area contributed by atoms with Crippen LogP contribution in [0.5, 0.6) is 0 Å². The second-order valence-corrected chi connectivity index (χ2v) is 5.31. The molecule has 0 N–H and O–H groups in total. The molecule has 0 atom stereocenters. The van der Waals surface area contributed by atoms with Crippen LogP contribution in [-0.4, -0.2) is 37.6 Å². The largest absolute Gasteiger partial charge is 0.466 e. The van der Waals surface area contributed by atoms with Gasteiger partial charge in [0.15, 0.2) is 0 Å². The Morgan fingerprint density at radius 2 is 1.95 bits per heavy atom. The van der Waals surface area contributed by atoms with Crippen molar-refractivity contribution in [3.05, 3.63) is 34.9 Å². The fourth-order valence-electron chi connectivity index (χ4n) is 2.05. The van der Waals surface area contributed by atoms with E-state index < -0.39 is 0 Å². The van der Waals surface area contributed by atoms with Crippen molar-refractivity contribution in [1.82, 2.24) is 4.90 Å². The maximum absolute atomic E-state index is 11.1. The van der Waals surface area contributed by atoms with Gasteiger partial charge in [0, 0.05) is 11.4 Å². The lowest BCUT2D eigenvalue weighted by Gasteiger charge is -2.03. The number of hydrogen-bond donors (Lipinski definition) is 0. The zero-order valence-electron chi connectivity index (χ0n) is 12.4. The van der Waals surface area contributed by atoms with Gasteiger partial charge >= 0.3 is 5.97 Å². The molecule has 112 valence electrons. The molecule has 1 aliphatic heterocycles. The molecule has 0 saturated carbocycles. The fourth-order valence-corrected chi connectivity index (χ4v) is 2.28. The van der Waals surface area contributed by atoms with Crippen molar-refractivity contribution in [1.29, 1.82) is 0 Å². The van der Waals surface area contributed by atoms with Crippen molar-refractivity contribution in [2.75, 3.05) is 26.7 Å². The second-order valence-electron chi connectivity index (χ2n) is 4.91. The molecule has 0 aromatic heterocycles. The van der Waals surface area contributed by atoms with Crippen LogP contribution in [0.1, 0.15) is 31.7 Å². The van der Waals surface area contributed by atoms with Gasteiger partial charge in [-0.05, 0) is 58.0 Å². The Hall–Kier alpha value is -1.06. The van der Waals surface area contributed by atoms with Crippen LogP contribution in [0.2, 0.25) is 5.02 Å². The molecular weight excluding hydrogens is 274 g/mol. The van der Waals surface area contributed by atoms with Crippen LogP contribution in [0.25, 0.3) is 0 Å². The van der Waals surface area contributed by atoms with Gasteiger partial charge in [-0.3, -0.25) is 4.79 Å². The number of halogens is 1. The van der Waals surface area contributed by atoms with Gasteiger partial charge in [0.2, 0.25) is 0 Å². The van der Waals surface area contributed by atoms with Crippen LogP contribution in [-0.2, 0) is 16.0 Å². The maximum Gasteiger partial charge on any atom is 0.306 e. The number of ether oxygens (including phenoxy) is 1. The van der Waals surface area contributed by atoms with Crippen LogP contribution >= 0.6 is 11.6 Å². The predicted octanol–water partition coefficient (Wildman–Crippen LogP) is 3.55. The highest BCUT2D eigenvalue weighted by Crippen LogP contribution is 2.16. The fraction of sp³-hybridized carbons (Fsp3) is 0.562. The lowest BCUT2D eigenvalue weighted by Crippen LogP contribution is -2.10. The standard InChI is InChI=1S/C11H13ClO2.C5H11N/c1-2-14-11(13)8-7-9-5-3-4-6-10(9)12;1-6-4-2-3-5-6/h3-6H,2,7-8H2,1H3;2-5H2,1H3. The smallest absolute Gasteiger partial charge is 0.306 e. The summed E-state index contributed by atoms with van der Waals surface area (Å²) in [6.45, 7) is 4.87. The Kier molecular flexibility index (Phi) is 8.31. The van der Waals surface area contributed by atoms with E-state index in [1.165, 1.54) is 25.9 Å². The molecule has 0 amide bonds. The highest BCUT2D eigenvalue weighted by molar-refractivity contribution is 6.31. The third kappa shape index (κ3) is 6.92. The number of aryl methyl sites for hydroxylation is 1. The molecule has 1 aromatic rings. The summed E-state index contributed by atoms with van der Waals surface area (Å²) >= 11 is 5.93. The summed E-state index contributed by atoms with van der Waals surface area (Å²) in [6, 6.07) is 7.52. The van der Waals surface area contributed by atoms with Crippen molar-refractivity contribution >= 4 is 17.6 Å². The predicted molar refractivity (Wildman–Crippen MR) is 83.1 cm³/mol. The molecule has 1 aliphatic rings. The second kappa shape index (κ2) is 9.78. The zero-order valence-corrected chi connectivity index (χ0v) is 13.2. The van der Waals surface area contributed by atoms with E-state index in [9.17, 15) is 4.79 Å². The molecule has 0 bridgehead atoms. The van der Waals surface area contributed by atoms with E-state index in [2.05, 4.69) is 11.9 Å². The average Bonchev–Trinajstić information content (AvgIpc) is 2.90. The summed E-state index contributed by atoms with van der Waals surface area (Å²) in [6.07, 6.45) is 3.85. The van der Waals surface area contributed by atoms with Crippen LogP contribution < -0.4 is 0 Å². The topological polar surface area (TPSA) is 29.5 Å². The van der Waals surface area contributed by atoms with E-state index in [4.69, 9.17) is 16.3 Å². The first kappa shape index (κ1) is 17.0. The lowest BCUT2D eigenvalue weighted by molar-refractivity contribution is -0.143. The summed E-state index contributed by atoms with van der Waals surface area (Å²) in [5.41, 5.74) is 0.988. The molecule has 1 aromatic carbocycles. The molecule has 0 aliphatic carbocycles. The van der Waals surface area contributed by atoms with Gasteiger partial charge < -0.3 is 9.64 Å². The molecule has 4 heteroatoms. The van der Waals surface area contributed by atoms with Gasteiger partial charge in [0.1, 0.15) is 0 Å². The van der Waals surface area contributed by atoms with Crippen LogP contribution in [0, 0.1) is 0 Å². The van der Waals surface area contributed by atoms with Crippen LogP contribution in [0.3, 0.4) is 0 Å². The minimum atomic E-state index is -0.174. The maximum atomic E-state index is 11.1. The minimum absolute atomic E-state index is 0.174.